The van der Waals surface area contributed by atoms with Crippen molar-refractivity contribution in [1.82, 2.24) is 0 Å². The minimum Gasteiger partial charge on any atom is -0.481 e. The van der Waals surface area contributed by atoms with Crippen LogP contribution in [0.25, 0.3) is 11.0 Å². The van der Waals surface area contributed by atoms with Crippen molar-refractivity contribution in [3.8, 4) is 5.75 Å². The SMILES string of the molecule is C[C@@H](Oc1ccc2ccc(=O)oc2c1)C(=O)Nc1ccc(Cl)cc1. The van der Waals surface area contributed by atoms with Crippen LogP contribution in [0.3, 0.4) is 0 Å². The van der Waals surface area contributed by atoms with Gasteiger partial charge < -0.3 is 14.5 Å². The first-order valence-corrected chi connectivity index (χ1v) is 7.66. The number of hydrogen-bond acceptors (Lipinski definition) is 4. The van der Waals surface area contributed by atoms with Crippen molar-refractivity contribution >= 4 is 34.2 Å². The molecule has 1 heterocycles. The predicted octanol–water partition coefficient (Wildman–Crippen LogP) is 3.85. The maximum atomic E-state index is 12.2. The summed E-state index contributed by atoms with van der Waals surface area (Å²) in [6.45, 7) is 1.64. The Morgan fingerprint density at radius 3 is 2.58 bits per heavy atom. The van der Waals surface area contributed by atoms with Crippen LogP contribution in [-0.2, 0) is 4.79 Å². The molecule has 3 aromatic rings. The van der Waals surface area contributed by atoms with E-state index in [1.807, 2.05) is 0 Å². The molecule has 0 spiro atoms. The van der Waals surface area contributed by atoms with Crippen molar-refractivity contribution < 1.29 is 13.9 Å². The second-order valence-corrected chi connectivity index (χ2v) is 5.65. The Kier molecular flexibility index (Phi) is 4.53. The smallest absolute Gasteiger partial charge is 0.336 e. The Balaban J connectivity index is 1.71. The van der Waals surface area contributed by atoms with Crippen LogP contribution in [-0.4, -0.2) is 12.0 Å². The molecule has 3 rings (SSSR count). The zero-order valence-electron chi connectivity index (χ0n) is 12.8. The maximum Gasteiger partial charge on any atom is 0.336 e. The Bertz CT molecular complexity index is 934. The molecule has 0 radical (unpaired) electrons. The minimum atomic E-state index is -0.728. The molecule has 122 valence electrons. The number of rotatable bonds is 4. The summed E-state index contributed by atoms with van der Waals surface area (Å²) >= 11 is 5.81. The van der Waals surface area contributed by atoms with E-state index < -0.39 is 11.7 Å². The van der Waals surface area contributed by atoms with Gasteiger partial charge in [-0.15, -0.1) is 0 Å². The molecule has 1 N–H and O–H groups in total. The van der Waals surface area contributed by atoms with Gasteiger partial charge in [0.05, 0.1) is 0 Å². The first kappa shape index (κ1) is 16.1. The van der Waals surface area contributed by atoms with Crippen molar-refractivity contribution in [2.75, 3.05) is 5.32 Å². The number of halogens is 1. The Hall–Kier alpha value is -2.79. The number of benzene rings is 2. The molecular weight excluding hydrogens is 330 g/mol. The van der Waals surface area contributed by atoms with Crippen LogP contribution >= 0.6 is 11.6 Å². The summed E-state index contributed by atoms with van der Waals surface area (Å²) in [6, 6.07) is 14.9. The maximum absolute atomic E-state index is 12.2. The molecule has 0 unspecified atom stereocenters. The normalized spacial score (nSPS) is 11.9. The third-order valence-corrected chi connectivity index (χ3v) is 3.64. The van der Waals surface area contributed by atoms with E-state index in [9.17, 15) is 9.59 Å². The molecule has 0 bridgehead atoms. The topological polar surface area (TPSA) is 68.5 Å². The molecule has 0 fully saturated rings. The lowest BCUT2D eigenvalue weighted by molar-refractivity contribution is -0.122. The van der Waals surface area contributed by atoms with E-state index in [1.165, 1.54) is 6.07 Å². The summed E-state index contributed by atoms with van der Waals surface area (Å²) in [4.78, 5) is 23.4. The Labute approximate surface area is 142 Å². The molecule has 0 aliphatic heterocycles. The van der Waals surface area contributed by atoms with Gasteiger partial charge in [0.15, 0.2) is 6.10 Å². The average Bonchev–Trinajstić information content (AvgIpc) is 2.56. The first-order valence-electron chi connectivity index (χ1n) is 7.28. The molecular formula is C18H14ClNO4. The number of carbonyl (C=O) groups is 1. The standard InChI is InChI=1S/C18H14ClNO4/c1-11(18(22)20-14-6-4-13(19)5-7-14)23-15-8-2-12-3-9-17(21)24-16(12)10-15/h2-11H,1H3,(H,20,22)/t11-/m1/s1. The zero-order valence-corrected chi connectivity index (χ0v) is 13.5. The van der Waals surface area contributed by atoms with E-state index in [2.05, 4.69) is 5.32 Å². The lowest BCUT2D eigenvalue weighted by Gasteiger charge is -2.15. The third-order valence-electron chi connectivity index (χ3n) is 3.39. The number of nitrogens with one attached hydrogen (secondary N) is 1. The highest BCUT2D eigenvalue weighted by atomic mass is 35.5. The van der Waals surface area contributed by atoms with Crippen molar-refractivity contribution in [2.24, 2.45) is 0 Å². The number of anilines is 1. The van der Waals surface area contributed by atoms with Gasteiger partial charge in [-0.1, -0.05) is 11.6 Å². The molecule has 24 heavy (non-hydrogen) atoms. The number of ether oxygens (including phenoxy) is 1. The molecule has 1 aromatic heterocycles. The van der Waals surface area contributed by atoms with Gasteiger partial charge in [-0.05, 0) is 49.4 Å². The van der Waals surface area contributed by atoms with Crippen LogP contribution in [0.1, 0.15) is 6.92 Å². The fraction of sp³-hybridized carbons (Fsp3) is 0.111. The highest BCUT2D eigenvalue weighted by molar-refractivity contribution is 6.30. The van der Waals surface area contributed by atoms with E-state index in [1.54, 1.807) is 55.5 Å². The van der Waals surface area contributed by atoms with Gasteiger partial charge >= 0.3 is 5.63 Å². The van der Waals surface area contributed by atoms with E-state index in [0.29, 0.717) is 22.0 Å². The summed E-state index contributed by atoms with van der Waals surface area (Å²) in [5, 5.41) is 4.11. The highest BCUT2D eigenvalue weighted by Gasteiger charge is 2.15. The molecule has 1 atom stereocenters. The Morgan fingerprint density at radius 2 is 1.83 bits per heavy atom. The third kappa shape index (κ3) is 3.75. The molecule has 0 aliphatic rings. The van der Waals surface area contributed by atoms with Crippen molar-refractivity contribution in [2.45, 2.75) is 13.0 Å². The quantitative estimate of drug-likeness (QED) is 0.730. The van der Waals surface area contributed by atoms with Gasteiger partial charge in [-0.25, -0.2) is 4.79 Å². The number of fused-ring (bicyclic) bond motifs is 1. The molecule has 0 aliphatic carbocycles. The van der Waals surface area contributed by atoms with Crippen LogP contribution in [0.15, 0.2) is 63.8 Å². The minimum absolute atomic E-state index is 0.299. The summed E-state index contributed by atoms with van der Waals surface area (Å²) < 4.78 is 10.7. The monoisotopic (exact) mass is 343 g/mol. The zero-order chi connectivity index (χ0) is 17.1. The average molecular weight is 344 g/mol. The molecule has 5 nitrogen and oxygen atoms in total. The first-order chi connectivity index (χ1) is 11.5. The fourth-order valence-electron chi connectivity index (χ4n) is 2.15. The fourth-order valence-corrected chi connectivity index (χ4v) is 2.28. The Morgan fingerprint density at radius 1 is 1.12 bits per heavy atom. The molecule has 0 saturated carbocycles. The molecule has 2 aromatic carbocycles. The second-order valence-electron chi connectivity index (χ2n) is 5.21. The predicted molar refractivity (Wildman–Crippen MR) is 92.7 cm³/mol. The highest BCUT2D eigenvalue weighted by Crippen LogP contribution is 2.21. The van der Waals surface area contributed by atoms with Gasteiger partial charge in [0, 0.05) is 28.2 Å². The van der Waals surface area contributed by atoms with Crippen molar-refractivity contribution in [3.63, 3.8) is 0 Å². The van der Waals surface area contributed by atoms with E-state index >= 15 is 0 Å². The van der Waals surface area contributed by atoms with E-state index in [0.717, 1.165) is 5.39 Å². The van der Waals surface area contributed by atoms with Gasteiger partial charge in [0.25, 0.3) is 5.91 Å². The van der Waals surface area contributed by atoms with Gasteiger partial charge in [-0.2, -0.15) is 0 Å². The van der Waals surface area contributed by atoms with Crippen molar-refractivity contribution in [3.05, 3.63) is 70.0 Å². The van der Waals surface area contributed by atoms with E-state index in [4.69, 9.17) is 20.8 Å². The largest absolute Gasteiger partial charge is 0.481 e. The summed E-state index contributed by atoms with van der Waals surface area (Å²) in [5.74, 6) is 0.141. The van der Waals surface area contributed by atoms with Gasteiger partial charge in [0.2, 0.25) is 0 Å². The van der Waals surface area contributed by atoms with Crippen LogP contribution < -0.4 is 15.7 Å². The number of hydrogen-bond donors (Lipinski definition) is 1. The number of carbonyl (C=O) groups excluding carboxylic acids is 1. The molecule has 6 heteroatoms. The van der Waals surface area contributed by atoms with Gasteiger partial charge in [-0.3, -0.25) is 4.79 Å². The number of amides is 1. The lowest BCUT2D eigenvalue weighted by Crippen LogP contribution is -2.30. The summed E-state index contributed by atoms with van der Waals surface area (Å²) in [7, 11) is 0. The van der Waals surface area contributed by atoms with Crippen LogP contribution in [0.2, 0.25) is 5.02 Å². The summed E-state index contributed by atoms with van der Waals surface area (Å²) in [6.07, 6.45) is -0.728. The van der Waals surface area contributed by atoms with E-state index in [-0.39, 0.29) is 5.91 Å². The second kappa shape index (κ2) is 6.76. The van der Waals surface area contributed by atoms with Crippen LogP contribution in [0.5, 0.6) is 5.75 Å². The van der Waals surface area contributed by atoms with Crippen LogP contribution in [0, 0.1) is 0 Å². The molecule has 0 saturated heterocycles. The van der Waals surface area contributed by atoms with Crippen LogP contribution in [0.4, 0.5) is 5.69 Å². The lowest BCUT2D eigenvalue weighted by atomic mass is 10.2. The summed E-state index contributed by atoms with van der Waals surface area (Å²) in [5.41, 5.74) is 0.600. The molecule has 1 amide bonds. The van der Waals surface area contributed by atoms with Gasteiger partial charge in [0.1, 0.15) is 11.3 Å². The van der Waals surface area contributed by atoms with Crippen molar-refractivity contribution in [1.29, 1.82) is 0 Å².